The van der Waals surface area contributed by atoms with E-state index in [4.69, 9.17) is 12.2 Å². The maximum atomic E-state index is 12.7. The summed E-state index contributed by atoms with van der Waals surface area (Å²) in [6.45, 7) is 3.52. The van der Waals surface area contributed by atoms with Crippen LogP contribution in [0.15, 0.2) is 41.4 Å². The lowest BCUT2D eigenvalue weighted by atomic mass is 10.0. The van der Waals surface area contributed by atoms with Crippen LogP contribution >= 0.6 is 24.0 Å². The summed E-state index contributed by atoms with van der Waals surface area (Å²) in [5, 5.41) is 10.4. The monoisotopic (exact) mass is 372 g/mol. The molecule has 128 valence electrons. The molecule has 0 bridgehead atoms. The van der Waals surface area contributed by atoms with Gasteiger partial charge < -0.3 is 5.11 Å². The highest BCUT2D eigenvalue weighted by molar-refractivity contribution is 8.26. The fourth-order valence-electron chi connectivity index (χ4n) is 2.75. The predicted octanol–water partition coefficient (Wildman–Crippen LogP) is 3.55. The fourth-order valence-corrected chi connectivity index (χ4v) is 4.08. The number of hydrogen-bond acceptors (Lipinski definition) is 5. The van der Waals surface area contributed by atoms with Crippen molar-refractivity contribution < 1.29 is 14.7 Å². The third kappa shape index (κ3) is 3.43. The fraction of sp³-hybridized carbons (Fsp3) is 0.222. The second-order valence-corrected chi connectivity index (χ2v) is 7.71. The number of benzene rings is 1. The third-order valence-corrected chi connectivity index (χ3v) is 5.24. The Hall–Kier alpha value is -2.25. The normalized spacial score (nSPS) is 17.7. The molecule has 1 fully saturated rings. The molecule has 5 nitrogen and oxygen atoms in total. The first-order chi connectivity index (χ1) is 11.9. The quantitative estimate of drug-likeness (QED) is 0.654. The molecule has 1 aromatic heterocycles. The number of pyridine rings is 1. The lowest BCUT2D eigenvalue weighted by molar-refractivity contribution is -0.146. The number of carbonyl (C=O) groups is 2. The van der Waals surface area contributed by atoms with Crippen molar-refractivity contribution >= 4 is 57.2 Å². The molecule has 1 N–H and O–H groups in total. The molecular weight excluding hydrogens is 356 g/mol. The SMILES string of the molecule is CC(C)[C@H](C(=O)O)N1C(=O)/C(=C/c2ccc3ncccc3c2)SC1=S. The first kappa shape index (κ1) is 17.6. The Morgan fingerprint density at radius 1 is 1.36 bits per heavy atom. The van der Waals surface area contributed by atoms with Gasteiger partial charge >= 0.3 is 5.97 Å². The Morgan fingerprint density at radius 3 is 2.80 bits per heavy atom. The molecule has 0 unspecified atom stereocenters. The molecule has 0 aliphatic carbocycles. The molecule has 1 aliphatic heterocycles. The van der Waals surface area contributed by atoms with Crippen LogP contribution in [0.5, 0.6) is 0 Å². The number of hydrogen-bond donors (Lipinski definition) is 1. The molecule has 0 radical (unpaired) electrons. The number of aromatic nitrogens is 1. The maximum Gasteiger partial charge on any atom is 0.327 e. The zero-order valence-electron chi connectivity index (χ0n) is 13.7. The number of carboxylic acids is 1. The van der Waals surface area contributed by atoms with E-state index in [1.165, 1.54) is 4.90 Å². The molecule has 3 rings (SSSR count). The van der Waals surface area contributed by atoms with Crippen LogP contribution in [0.25, 0.3) is 17.0 Å². The van der Waals surface area contributed by atoms with E-state index in [0.717, 1.165) is 28.2 Å². The molecule has 7 heteroatoms. The van der Waals surface area contributed by atoms with Gasteiger partial charge in [0, 0.05) is 11.6 Å². The van der Waals surface area contributed by atoms with Crippen LogP contribution in [-0.4, -0.2) is 37.2 Å². The van der Waals surface area contributed by atoms with Gasteiger partial charge in [-0.1, -0.05) is 50.0 Å². The smallest absolute Gasteiger partial charge is 0.327 e. The standard InChI is InChI=1S/C18H16N2O3S2/c1-10(2)15(17(22)23)20-16(21)14(25-18(20)24)9-11-5-6-13-12(8-11)4-3-7-19-13/h3-10,15H,1-2H3,(H,22,23)/b14-9-/t15-/m1/s1. The minimum absolute atomic E-state index is 0.244. The van der Waals surface area contributed by atoms with E-state index in [0.29, 0.717) is 4.91 Å². The summed E-state index contributed by atoms with van der Waals surface area (Å²) in [4.78, 5) is 30.2. The molecule has 2 heterocycles. The number of rotatable bonds is 4. The maximum absolute atomic E-state index is 12.7. The zero-order chi connectivity index (χ0) is 18.1. The lowest BCUT2D eigenvalue weighted by Crippen LogP contribution is -2.47. The molecule has 1 atom stereocenters. The van der Waals surface area contributed by atoms with Gasteiger partial charge in [-0.25, -0.2) is 4.79 Å². The summed E-state index contributed by atoms with van der Waals surface area (Å²) in [5.41, 5.74) is 1.72. The van der Waals surface area contributed by atoms with Gasteiger partial charge in [0.15, 0.2) is 0 Å². The summed E-state index contributed by atoms with van der Waals surface area (Å²) < 4.78 is 0.278. The molecule has 25 heavy (non-hydrogen) atoms. The third-order valence-electron chi connectivity index (χ3n) is 3.91. The van der Waals surface area contributed by atoms with Crippen LogP contribution < -0.4 is 0 Å². The van der Waals surface area contributed by atoms with Crippen molar-refractivity contribution in [3.63, 3.8) is 0 Å². The van der Waals surface area contributed by atoms with Crippen LogP contribution in [0.1, 0.15) is 19.4 Å². The molecule has 1 amide bonds. The van der Waals surface area contributed by atoms with Gasteiger partial charge in [-0.2, -0.15) is 0 Å². The van der Waals surface area contributed by atoms with Crippen LogP contribution in [-0.2, 0) is 9.59 Å². The lowest BCUT2D eigenvalue weighted by Gasteiger charge is -2.26. The Kier molecular flexibility index (Phi) is 4.87. The number of fused-ring (bicyclic) bond motifs is 1. The van der Waals surface area contributed by atoms with E-state index >= 15 is 0 Å². The number of thioether (sulfide) groups is 1. The van der Waals surface area contributed by atoms with Gasteiger partial charge in [-0.05, 0) is 35.8 Å². The van der Waals surface area contributed by atoms with Crippen molar-refractivity contribution in [2.24, 2.45) is 5.92 Å². The zero-order valence-corrected chi connectivity index (χ0v) is 15.3. The Bertz CT molecular complexity index is 908. The van der Waals surface area contributed by atoms with Gasteiger partial charge in [0.05, 0.1) is 10.4 Å². The Balaban J connectivity index is 1.95. The molecule has 1 aliphatic rings. The second kappa shape index (κ2) is 6.93. The number of amides is 1. The summed E-state index contributed by atoms with van der Waals surface area (Å²) in [6, 6.07) is 8.54. The van der Waals surface area contributed by atoms with E-state index < -0.39 is 12.0 Å². The van der Waals surface area contributed by atoms with Crippen LogP contribution in [0.4, 0.5) is 0 Å². The Morgan fingerprint density at radius 2 is 2.12 bits per heavy atom. The van der Waals surface area contributed by atoms with Gasteiger partial charge in [0.1, 0.15) is 10.4 Å². The van der Waals surface area contributed by atoms with Crippen molar-refractivity contribution in [3.05, 3.63) is 47.0 Å². The second-order valence-electron chi connectivity index (χ2n) is 6.03. The molecule has 0 spiro atoms. The van der Waals surface area contributed by atoms with Crippen molar-refractivity contribution in [2.45, 2.75) is 19.9 Å². The predicted molar refractivity (Wildman–Crippen MR) is 103 cm³/mol. The molecule has 0 saturated carbocycles. The largest absolute Gasteiger partial charge is 0.480 e. The van der Waals surface area contributed by atoms with Crippen LogP contribution in [0, 0.1) is 5.92 Å². The van der Waals surface area contributed by atoms with E-state index in [1.807, 2.05) is 30.3 Å². The van der Waals surface area contributed by atoms with Gasteiger partial charge in [-0.3, -0.25) is 14.7 Å². The average Bonchev–Trinajstić information content (AvgIpc) is 2.82. The Labute approximate surface area is 154 Å². The van der Waals surface area contributed by atoms with E-state index in [2.05, 4.69) is 4.98 Å². The van der Waals surface area contributed by atoms with Crippen LogP contribution in [0.3, 0.4) is 0 Å². The highest BCUT2D eigenvalue weighted by atomic mass is 32.2. The summed E-state index contributed by atoms with van der Waals surface area (Å²) in [5.74, 6) is -1.65. The van der Waals surface area contributed by atoms with Crippen molar-refractivity contribution in [3.8, 4) is 0 Å². The highest BCUT2D eigenvalue weighted by Gasteiger charge is 2.41. The summed E-state index contributed by atoms with van der Waals surface area (Å²) in [7, 11) is 0. The number of aliphatic carboxylic acids is 1. The van der Waals surface area contributed by atoms with Gasteiger partial charge in [-0.15, -0.1) is 0 Å². The first-order valence-corrected chi connectivity index (χ1v) is 8.95. The number of carbonyl (C=O) groups excluding carboxylic acids is 1. The number of thiocarbonyl (C=S) groups is 1. The van der Waals surface area contributed by atoms with E-state index in [9.17, 15) is 14.7 Å². The van der Waals surface area contributed by atoms with E-state index in [-0.39, 0.29) is 16.1 Å². The van der Waals surface area contributed by atoms with Crippen LogP contribution in [0.2, 0.25) is 0 Å². The summed E-state index contributed by atoms with van der Waals surface area (Å²) >= 11 is 6.39. The molecule has 1 aromatic carbocycles. The molecule has 1 saturated heterocycles. The molecule has 2 aromatic rings. The number of carboxylic acid groups (broad SMARTS) is 1. The van der Waals surface area contributed by atoms with Crippen molar-refractivity contribution in [1.82, 2.24) is 9.88 Å². The molecular formula is C18H16N2O3S2. The summed E-state index contributed by atoms with van der Waals surface area (Å²) in [6.07, 6.45) is 3.47. The topological polar surface area (TPSA) is 70.5 Å². The highest BCUT2D eigenvalue weighted by Crippen LogP contribution is 2.35. The van der Waals surface area contributed by atoms with E-state index in [1.54, 1.807) is 26.1 Å². The van der Waals surface area contributed by atoms with Gasteiger partial charge in [0.2, 0.25) is 0 Å². The minimum Gasteiger partial charge on any atom is -0.480 e. The number of nitrogens with zero attached hydrogens (tertiary/aromatic N) is 2. The van der Waals surface area contributed by atoms with Crippen molar-refractivity contribution in [2.75, 3.05) is 0 Å². The first-order valence-electron chi connectivity index (χ1n) is 7.73. The van der Waals surface area contributed by atoms with Gasteiger partial charge in [0.25, 0.3) is 5.91 Å². The average molecular weight is 372 g/mol. The minimum atomic E-state index is -1.05. The van der Waals surface area contributed by atoms with Crippen molar-refractivity contribution in [1.29, 1.82) is 0 Å².